The van der Waals surface area contributed by atoms with Crippen LogP contribution in [-0.4, -0.2) is 30.7 Å². The van der Waals surface area contributed by atoms with E-state index in [2.05, 4.69) is 0 Å². The zero-order valence-corrected chi connectivity index (χ0v) is 19.3. The van der Waals surface area contributed by atoms with Crippen LogP contribution in [0.25, 0.3) is 16.5 Å². The molecule has 1 fully saturated rings. The summed E-state index contributed by atoms with van der Waals surface area (Å²) in [4.78, 5) is 28.4. The van der Waals surface area contributed by atoms with E-state index in [1.807, 2.05) is 42.5 Å². The van der Waals surface area contributed by atoms with Crippen LogP contribution in [0.5, 0.6) is 17.2 Å². The van der Waals surface area contributed by atoms with Gasteiger partial charge in [0.25, 0.3) is 11.7 Å². The fraction of sp³-hybridized carbons (Fsp3) is 0.103. The third-order valence-electron chi connectivity index (χ3n) is 6.56. The Kier molecular flexibility index (Phi) is 5.11. The van der Waals surface area contributed by atoms with Crippen molar-refractivity contribution in [2.24, 2.45) is 0 Å². The summed E-state index contributed by atoms with van der Waals surface area (Å²) in [5.74, 6) is -0.127. The summed E-state index contributed by atoms with van der Waals surface area (Å²) in [5.41, 5.74) is 1.61. The lowest BCUT2D eigenvalue weighted by Crippen LogP contribution is -2.29. The lowest BCUT2D eigenvalue weighted by molar-refractivity contribution is -0.132. The molecule has 4 aromatic rings. The fourth-order valence-corrected chi connectivity index (χ4v) is 4.82. The number of aliphatic hydroxyl groups is 1. The molecule has 178 valence electrons. The lowest BCUT2D eigenvalue weighted by atomic mass is 9.91. The van der Waals surface area contributed by atoms with Crippen LogP contribution in [0.2, 0.25) is 0 Å². The molecule has 2 heterocycles. The number of aliphatic hydroxyl groups excluding tert-OH is 1. The third-order valence-corrected chi connectivity index (χ3v) is 6.56. The first-order chi connectivity index (χ1) is 17.6. The number of ether oxygens (including phenoxy) is 3. The molecule has 1 N–H and O–H groups in total. The second kappa shape index (κ2) is 8.46. The summed E-state index contributed by atoms with van der Waals surface area (Å²) in [6, 6.07) is 24.5. The molecular weight excluding hydrogens is 458 g/mol. The molecule has 1 amide bonds. The van der Waals surface area contributed by atoms with E-state index in [1.165, 1.54) is 4.90 Å². The average molecular weight is 479 g/mol. The highest BCUT2D eigenvalue weighted by Gasteiger charge is 2.47. The number of anilines is 1. The van der Waals surface area contributed by atoms with Gasteiger partial charge in [-0.05, 0) is 58.8 Å². The maximum atomic E-state index is 13.5. The topological polar surface area (TPSA) is 85.3 Å². The summed E-state index contributed by atoms with van der Waals surface area (Å²) in [7, 11) is 1.56. The molecule has 0 aromatic heterocycles. The standard InChI is InChI=1S/C29H21NO6/c1-34-20-12-10-19(11-13-20)30-26(22-8-4-6-17-5-2-3-7-21(17)22)25(28(32)29(30)33)27(31)18-9-14-23-24(15-18)36-16-35-23/h2-15,26,31H,16H2,1H3/b27-25-. The molecule has 0 spiro atoms. The Morgan fingerprint density at radius 3 is 2.47 bits per heavy atom. The molecule has 36 heavy (non-hydrogen) atoms. The number of rotatable bonds is 4. The second-order valence-corrected chi connectivity index (χ2v) is 8.50. The van der Waals surface area contributed by atoms with Gasteiger partial charge in [0.1, 0.15) is 11.5 Å². The summed E-state index contributed by atoms with van der Waals surface area (Å²) >= 11 is 0. The van der Waals surface area contributed by atoms with Crippen LogP contribution >= 0.6 is 0 Å². The number of methoxy groups -OCH3 is 1. The van der Waals surface area contributed by atoms with Gasteiger partial charge in [-0.1, -0.05) is 42.5 Å². The van der Waals surface area contributed by atoms with Crippen molar-refractivity contribution >= 4 is 33.9 Å². The van der Waals surface area contributed by atoms with E-state index in [1.54, 1.807) is 49.6 Å². The number of hydrogen-bond acceptors (Lipinski definition) is 6. The number of ketones is 1. The number of nitrogens with zero attached hydrogens (tertiary/aromatic N) is 1. The first-order valence-electron chi connectivity index (χ1n) is 11.4. The summed E-state index contributed by atoms with van der Waals surface area (Å²) in [5, 5.41) is 13.3. The van der Waals surface area contributed by atoms with Gasteiger partial charge in [0, 0.05) is 11.3 Å². The van der Waals surface area contributed by atoms with Gasteiger partial charge in [-0.2, -0.15) is 0 Å². The van der Waals surface area contributed by atoms with Crippen molar-refractivity contribution < 1.29 is 28.9 Å². The van der Waals surface area contributed by atoms with Gasteiger partial charge in [0.2, 0.25) is 6.79 Å². The van der Waals surface area contributed by atoms with E-state index in [-0.39, 0.29) is 18.1 Å². The highest BCUT2D eigenvalue weighted by atomic mass is 16.7. The highest BCUT2D eigenvalue weighted by Crippen LogP contribution is 2.45. The molecule has 0 aliphatic carbocycles. The van der Waals surface area contributed by atoms with Gasteiger partial charge >= 0.3 is 0 Å². The number of amides is 1. The highest BCUT2D eigenvalue weighted by molar-refractivity contribution is 6.51. The molecular formula is C29H21NO6. The Morgan fingerprint density at radius 2 is 1.67 bits per heavy atom. The third kappa shape index (κ3) is 3.36. The van der Waals surface area contributed by atoms with Gasteiger partial charge in [-0.3, -0.25) is 14.5 Å². The van der Waals surface area contributed by atoms with E-state index >= 15 is 0 Å². The molecule has 1 unspecified atom stereocenters. The number of hydrogen-bond donors (Lipinski definition) is 1. The summed E-state index contributed by atoms with van der Waals surface area (Å²) in [6.07, 6.45) is 0. The normalized spacial score (nSPS) is 18.1. The molecule has 4 aromatic carbocycles. The van der Waals surface area contributed by atoms with Gasteiger partial charge < -0.3 is 19.3 Å². The van der Waals surface area contributed by atoms with Gasteiger partial charge in [-0.15, -0.1) is 0 Å². The molecule has 6 rings (SSSR count). The van der Waals surface area contributed by atoms with Gasteiger partial charge in [0.15, 0.2) is 11.5 Å². The molecule has 2 aliphatic rings. The maximum Gasteiger partial charge on any atom is 0.300 e. The fourth-order valence-electron chi connectivity index (χ4n) is 4.82. The minimum Gasteiger partial charge on any atom is -0.507 e. The minimum atomic E-state index is -0.852. The minimum absolute atomic E-state index is 0.00559. The monoisotopic (exact) mass is 479 g/mol. The predicted molar refractivity (Wildman–Crippen MR) is 134 cm³/mol. The number of fused-ring (bicyclic) bond motifs is 2. The van der Waals surface area contributed by atoms with E-state index < -0.39 is 17.7 Å². The molecule has 7 heteroatoms. The molecule has 1 atom stereocenters. The van der Waals surface area contributed by atoms with Crippen LogP contribution in [0, 0.1) is 0 Å². The van der Waals surface area contributed by atoms with Crippen LogP contribution in [-0.2, 0) is 9.59 Å². The Labute approximate surface area is 206 Å². The molecule has 0 bridgehead atoms. The van der Waals surface area contributed by atoms with E-state index in [0.29, 0.717) is 28.5 Å². The number of carbonyl (C=O) groups excluding carboxylic acids is 2. The second-order valence-electron chi connectivity index (χ2n) is 8.50. The first kappa shape index (κ1) is 21.7. The average Bonchev–Trinajstić information content (AvgIpc) is 3.50. The Balaban J connectivity index is 1.59. The molecule has 7 nitrogen and oxygen atoms in total. The SMILES string of the molecule is COc1ccc(N2C(=O)C(=O)/C(=C(\O)c3ccc4c(c3)OCO4)C2c2cccc3ccccc23)cc1. The van der Waals surface area contributed by atoms with E-state index in [9.17, 15) is 14.7 Å². The summed E-state index contributed by atoms with van der Waals surface area (Å²) in [6.45, 7) is 0.0808. The van der Waals surface area contributed by atoms with E-state index in [0.717, 1.165) is 16.3 Å². The van der Waals surface area contributed by atoms with Gasteiger partial charge in [0.05, 0.1) is 18.7 Å². The number of benzene rings is 4. The largest absolute Gasteiger partial charge is 0.507 e. The number of carbonyl (C=O) groups is 2. The Bertz CT molecular complexity index is 1550. The zero-order chi connectivity index (χ0) is 24.8. The van der Waals surface area contributed by atoms with Crippen molar-refractivity contribution in [3.8, 4) is 17.2 Å². The number of Topliss-reactive ketones (excluding diaryl/α,β-unsaturated/α-hetero) is 1. The Morgan fingerprint density at radius 1 is 0.917 bits per heavy atom. The van der Waals surface area contributed by atoms with Crippen molar-refractivity contribution in [1.82, 2.24) is 0 Å². The van der Waals surface area contributed by atoms with Crippen LogP contribution in [0.4, 0.5) is 5.69 Å². The molecule has 1 saturated heterocycles. The van der Waals surface area contributed by atoms with Crippen molar-refractivity contribution in [3.63, 3.8) is 0 Å². The summed E-state index contributed by atoms with van der Waals surface area (Å²) < 4.78 is 16.1. The van der Waals surface area contributed by atoms with Crippen LogP contribution in [0.1, 0.15) is 17.2 Å². The van der Waals surface area contributed by atoms with Crippen molar-refractivity contribution in [3.05, 3.63) is 102 Å². The quantitative estimate of drug-likeness (QED) is 0.246. The molecule has 0 radical (unpaired) electrons. The van der Waals surface area contributed by atoms with Gasteiger partial charge in [-0.25, -0.2) is 0 Å². The maximum absolute atomic E-state index is 13.5. The molecule has 0 saturated carbocycles. The zero-order valence-electron chi connectivity index (χ0n) is 19.3. The Hall–Kier alpha value is -4.78. The van der Waals surface area contributed by atoms with Crippen molar-refractivity contribution in [2.45, 2.75) is 6.04 Å². The van der Waals surface area contributed by atoms with Crippen LogP contribution in [0.3, 0.4) is 0 Å². The lowest BCUT2D eigenvalue weighted by Gasteiger charge is -2.26. The van der Waals surface area contributed by atoms with Crippen molar-refractivity contribution in [1.29, 1.82) is 0 Å². The van der Waals surface area contributed by atoms with E-state index in [4.69, 9.17) is 14.2 Å². The van der Waals surface area contributed by atoms with Crippen molar-refractivity contribution in [2.75, 3.05) is 18.8 Å². The first-order valence-corrected chi connectivity index (χ1v) is 11.4. The molecule has 2 aliphatic heterocycles. The van der Waals surface area contributed by atoms with Crippen LogP contribution < -0.4 is 19.1 Å². The smallest absolute Gasteiger partial charge is 0.300 e. The van der Waals surface area contributed by atoms with Crippen LogP contribution in [0.15, 0.2) is 90.5 Å². The predicted octanol–water partition coefficient (Wildman–Crippen LogP) is 5.20.